The van der Waals surface area contributed by atoms with Gasteiger partial charge in [-0.25, -0.2) is 0 Å². The molecule has 0 aromatic heterocycles. The van der Waals surface area contributed by atoms with Crippen LogP contribution in [0.4, 0.5) is 0 Å². The van der Waals surface area contributed by atoms with E-state index in [4.69, 9.17) is 4.74 Å². The smallest absolute Gasteiger partial charge is 0.322 e. The molecule has 1 fully saturated rings. The van der Waals surface area contributed by atoms with E-state index >= 15 is 0 Å². The number of carbonyl (C=O) groups excluding carboxylic acids is 1. The monoisotopic (exact) mass is 387 g/mol. The van der Waals surface area contributed by atoms with Crippen molar-refractivity contribution < 1.29 is 9.53 Å². The largest absolute Gasteiger partial charge is 0.465 e. The molecule has 1 aliphatic heterocycles. The molecule has 4 heteroatoms. The van der Waals surface area contributed by atoms with Crippen molar-refractivity contribution >= 4 is 29.8 Å². The van der Waals surface area contributed by atoms with Crippen LogP contribution in [0.1, 0.15) is 12.8 Å². The Morgan fingerprint density at radius 1 is 0.786 bits per heavy atom. The van der Waals surface area contributed by atoms with Crippen LogP contribution in [0.15, 0.2) is 91.0 Å². The molecule has 1 saturated heterocycles. The molecule has 3 nitrogen and oxygen atoms in total. The van der Waals surface area contributed by atoms with Crippen molar-refractivity contribution in [1.82, 2.24) is 4.57 Å². The number of ether oxygens (including phenoxy) is 1. The summed E-state index contributed by atoms with van der Waals surface area (Å²) in [5.41, 5.74) is 0. The van der Waals surface area contributed by atoms with Gasteiger partial charge in [0.2, 0.25) is 8.24 Å². The molecular formula is C24H25NO2Si. The van der Waals surface area contributed by atoms with Crippen LogP contribution in [0.5, 0.6) is 0 Å². The summed E-state index contributed by atoms with van der Waals surface area (Å²) in [6, 6.07) is 31.7. The minimum atomic E-state index is -2.62. The predicted molar refractivity (Wildman–Crippen MR) is 116 cm³/mol. The van der Waals surface area contributed by atoms with Crippen molar-refractivity contribution in [3.05, 3.63) is 91.0 Å². The molecule has 1 aliphatic rings. The van der Waals surface area contributed by atoms with Gasteiger partial charge in [-0.15, -0.1) is 0 Å². The van der Waals surface area contributed by atoms with Crippen LogP contribution in [0.25, 0.3) is 0 Å². The summed E-state index contributed by atoms with van der Waals surface area (Å²) in [5, 5.41) is 3.81. The first kappa shape index (κ1) is 18.7. The van der Waals surface area contributed by atoms with E-state index in [-0.39, 0.29) is 12.0 Å². The number of benzene rings is 3. The molecule has 0 saturated carbocycles. The summed E-state index contributed by atoms with van der Waals surface area (Å²) in [5.74, 6) is -0.103. The highest BCUT2D eigenvalue weighted by Gasteiger charge is 2.48. The molecule has 0 bridgehead atoms. The first-order valence-electron chi connectivity index (χ1n) is 9.80. The number of cyclic esters (lactones) is 1. The zero-order valence-corrected chi connectivity index (χ0v) is 17.1. The Balaban J connectivity index is 1.99. The van der Waals surface area contributed by atoms with Gasteiger partial charge in [-0.1, -0.05) is 91.0 Å². The second-order valence-corrected chi connectivity index (χ2v) is 11.1. The molecule has 1 unspecified atom stereocenters. The third kappa shape index (κ3) is 3.19. The lowest BCUT2D eigenvalue weighted by atomic mass is 10.1. The molecule has 1 atom stereocenters. The molecule has 3 aromatic rings. The van der Waals surface area contributed by atoms with Gasteiger partial charge in [-0.05, 0) is 35.4 Å². The molecule has 3 aromatic carbocycles. The molecule has 0 aliphatic carbocycles. The van der Waals surface area contributed by atoms with Gasteiger partial charge in [-0.3, -0.25) is 4.79 Å². The third-order valence-electron chi connectivity index (χ3n) is 5.71. The van der Waals surface area contributed by atoms with E-state index in [1.54, 1.807) is 0 Å². The van der Waals surface area contributed by atoms with Crippen molar-refractivity contribution in [1.29, 1.82) is 0 Å². The van der Waals surface area contributed by atoms with Crippen LogP contribution >= 0.6 is 0 Å². The zero-order valence-electron chi connectivity index (χ0n) is 16.1. The Kier molecular flexibility index (Phi) is 5.42. The Bertz CT molecular complexity index is 818. The van der Waals surface area contributed by atoms with E-state index in [1.165, 1.54) is 15.6 Å². The van der Waals surface area contributed by atoms with E-state index in [1.807, 2.05) is 18.2 Å². The number of hydrogen-bond acceptors (Lipinski definition) is 3. The Morgan fingerprint density at radius 2 is 1.21 bits per heavy atom. The van der Waals surface area contributed by atoms with Gasteiger partial charge in [0, 0.05) is 0 Å². The van der Waals surface area contributed by atoms with Gasteiger partial charge >= 0.3 is 5.97 Å². The Labute approximate surface area is 167 Å². The molecule has 0 spiro atoms. The fourth-order valence-corrected chi connectivity index (χ4v) is 9.35. The lowest BCUT2D eigenvalue weighted by Gasteiger charge is -2.45. The third-order valence-corrected chi connectivity index (χ3v) is 10.6. The maximum absolute atomic E-state index is 12.7. The summed E-state index contributed by atoms with van der Waals surface area (Å²) in [6.07, 6.45) is 1.74. The minimum Gasteiger partial charge on any atom is -0.465 e. The van der Waals surface area contributed by atoms with Crippen molar-refractivity contribution in [3.63, 3.8) is 0 Å². The molecule has 1 heterocycles. The molecule has 0 radical (unpaired) electrons. The molecule has 28 heavy (non-hydrogen) atoms. The molecule has 0 N–H and O–H groups in total. The zero-order chi connectivity index (χ0) is 19.4. The van der Waals surface area contributed by atoms with Crippen LogP contribution in [0.2, 0.25) is 0 Å². The average molecular weight is 388 g/mol. The van der Waals surface area contributed by atoms with Gasteiger partial charge < -0.3 is 9.30 Å². The van der Waals surface area contributed by atoms with Gasteiger partial charge in [0.15, 0.2) is 0 Å². The van der Waals surface area contributed by atoms with Crippen LogP contribution in [-0.4, -0.2) is 38.5 Å². The number of hydrogen-bond donors (Lipinski definition) is 0. The summed E-state index contributed by atoms with van der Waals surface area (Å²) in [7, 11) is -0.516. The van der Waals surface area contributed by atoms with Crippen molar-refractivity contribution in [2.24, 2.45) is 0 Å². The lowest BCUT2D eigenvalue weighted by molar-refractivity contribution is -0.152. The highest BCUT2D eigenvalue weighted by atomic mass is 28.3. The van der Waals surface area contributed by atoms with Crippen molar-refractivity contribution in [2.75, 3.05) is 13.7 Å². The fraction of sp³-hybridized carbons (Fsp3) is 0.208. The van der Waals surface area contributed by atoms with Crippen LogP contribution in [-0.2, 0) is 9.53 Å². The summed E-state index contributed by atoms with van der Waals surface area (Å²) in [6.45, 7) is 0.528. The highest BCUT2D eigenvalue weighted by molar-refractivity contribution is 7.09. The first-order chi connectivity index (χ1) is 13.7. The molecule has 4 rings (SSSR count). The predicted octanol–water partition coefficient (Wildman–Crippen LogP) is 2.29. The fourth-order valence-electron chi connectivity index (χ4n) is 4.40. The summed E-state index contributed by atoms with van der Waals surface area (Å²) >= 11 is 0. The molecular weight excluding hydrogens is 362 g/mol. The number of rotatable bonds is 5. The van der Waals surface area contributed by atoms with E-state index in [0.29, 0.717) is 6.61 Å². The van der Waals surface area contributed by atoms with Gasteiger partial charge in [0.1, 0.15) is 6.04 Å². The van der Waals surface area contributed by atoms with Crippen LogP contribution in [0, 0.1) is 0 Å². The summed E-state index contributed by atoms with van der Waals surface area (Å²) < 4.78 is 7.80. The number of esters is 1. The highest BCUT2D eigenvalue weighted by Crippen LogP contribution is 2.21. The van der Waals surface area contributed by atoms with Crippen molar-refractivity contribution in [2.45, 2.75) is 18.9 Å². The topological polar surface area (TPSA) is 29.5 Å². The minimum absolute atomic E-state index is 0.103. The second-order valence-electron chi connectivity index (χ2n) is 7.24. The molecule has 142 valence electrons. The maximum atomic E-state index is 12.7. The number of nitrogens with zero attached hydrogens (tertiary/aromatic N) is 1. The second kappa shape index (κ2) is 8.13. The average Bonchev–Trinajstić information content (AvgIpc) is 2.77. The van der Waals surface area contributed by atoms with Gasteiger partial charge in [-0.2, -0.15) is 0 Å². The van der Waals surface area contributed by atoms with Gasteiger partial charge in [0.25, 0.3) is 0 Å². The SMILES string of the molecule is CN(C1CCCOC1=O)[Si](c1ccccc1)(c1ccccc1)c1ccccc1. The van der Waals surface area contributed by atoms with E-state index in [2.05, 4.69) is 84.4 Å². The maximum Gasteiger partial charge on any atom is 0.322 e. The Hall–Kier alpha value is -2.69. The van der Waals surface area contributed by atoms with E-state index in [0.717, 1.165) is 12.8 Å². The number of likely N-dealkylation sites (N-methyl/N-ethyl adjacent to an activating group) is 1. The molecule has 0 amide bonds. The van der Waals surface area contributed by atoms with Gasteiger partial charge in [0.05, 0.1) is 6.61 Å². The quantitative estimate of drug-likeness (QED) is 0.382. The van der Waals surface area contributed by atoms with Crippen molar-refractivity contribution in [3.8, 4) is 0 Å². The standard InChI is InChI=1S/C24H25NO2Si/c1-25(23-18-11-19-27-24(23)26)28(20-12-5-2-6-13-20,21-14-7-3-8-15-21)22-16-9-4-10-17-22/h2-10,12-17,23H,11,18-19H2,1H3. The number of carbonyl (C=O) groups is 1. The lowest BCUT2D eigenvalue weighted by Crippen LogP contribution is -2.78. The normalized spacial score (nSPS) is 17.4. The summed E-state index contributed by atoms with van der Waals surface area (Å²) in [4.78, 5) is 12.7. The van der Waals surface area contributed by atoms with Crippen LogP contribution in [0.3, 0.4) is 0 Å². The van der Waals surface area contributed by atoms with Crippen LogP contribution < -0.4 is 15.6 Å². The van der Waals surface area contributed by atoms with E-state index < -0.39 is 8.24 Å². The van der Waals surface area contributed by atoms with E-state index in [9.17, 15) is 4.79 Å². The Morgan fingerprint density at radius 3 is 1.61 bits per heavy atom. The first-order valence-corrected chi connectivity index (χ1v) is 11.8.